The van der Waals surface area contributed by atoms with E-state index in [1.165, 1.54) is 75.3 Å². The lowest BCUT2D eigenvalue weighted by molar-refractivity contribution is -0.219. The molecule has 1 aromatic rings. The number of benzene rings is 1. The summed E-state index contributed by atoms with van der Waals surface area (Å²) in [5, 5.41) is 9.41. The molecule has 5 saturated carbocycles. The van der Waals surface area contributed by atoms with Gasteiger partial charge in [0.1, 0.15) is 0 Å². The van der Waals surface area contributed by atoms with Crippen LogP contribution in [0.3, 0.4) is 0 Å². The molecule has 40 heavy (non-hydrogen) atoms. The SMILES string of the molecule is CC1(C2CCC3(N)CCC4(C)C(CCC5C6(C)CC=C(c7ccc(C(=O)O)cc7)C(C)(C)C6CCC54C)C23)CC1. The van der Waals surface area contributed by atoms with Crippen molar-refractivity contribution in [1.29, 1.82) is 0 Å². The molecule has 9 unspecified atom stereocenters. The van der Waals surface area contributed by atoms with Crippen LogP contribution in [0.5, 0.6) is 0 Å². The molecule has 3 heteroatoms. The van der Waals surface area contributed by atoms with Gasteiger partial charge in [-0.2, -0.15) is 0 Å². The number of rotatable bonds is 3. The maximum atomic E-state index is 11.5. The third-order valence-electron chi connectivity index (χ3n) is 15.5. The van der Waals surface area contributed by atoms with Gasteiger partial charge in [0.05, 0.1) is 5.56 Å². The zero-order chi connectivity index (χ0) is 28.5. The van der Waals surface area contributed by atoms with Crippen LogP contribution >= 0.6 is 0 Å². The Morgan fingerprint density at radius 3 is 2.12 bits per heavy atom. The highest BCUT2D eigenvalue weighted by atomic mass is 16.4. The summed E-state index contributed by atoms with van der Waals surface area (Å²) in [6, 6.07) is 7.64. The zero-order valence-corrected chi connectivity index (χ0v) is 26.0. The number of carbonyl (C=O) groups is 1. The molecule has 6 aliphatic carbocycles. The molecule has 3 N–H and O–H groups in total. The quantitative estimate of drug-likeness (QED) is 0.400. The molecule has 6 aliphatic rings. The highest BCUT2D eigenvalue weighted by Gasteiger charge is 2.71. The molecule has 7 rings (SSSR count). The average molecular weight is 544 g/mol. The molecule has 1 aromatic carbocycles. The van der Waals surface area contributed by atoms with Crippen LogP contribution in [0.15, 0.2) is 30.3 Å². The molecular formula is C37H53NO2. The first kappa shape index (κ1) is 27.2. The second kappa shape index (κ2) is 8.27. The number of hydrogen-bond acceptors (Lipinski definition) is 2. The first-order chi connectivity index (χ1) is 18.7. The maximum Gasteiger partial charge on any atom is 0.335 e. The third kappa shape index (κ3) is 3.36. The minimum atomic E-state index is -0.851. The van der Waals surface area contributed by atoms with Gasteiger partial charge in [-0.25, -0.2) is 4.79 Å². The van der Waals surface area contributed by atoms with Crippen molar-refractivity contribution in [2.24, 2.45) is 62.4 Å². The van der Waals surface area contributed by atoms with Crippen molar-refractivity contribution < 1.29 is 9.90 Å². The van der Waals surface area contributed by atoms with Crippen molar-refractivity contribution in [2.45, 2.75) is 118 Å². The average Bonchev–Trinajstić information content (AvgIpc) is 3.53. The fourth-order valence-corrected chi connectivity index (χ4v) is 12.9. The van der Waals surface area contributed by atoms with Crippen LogP contribution in [0.4, 0.5) is 0 Å². The molecule has 0 bridgehead atoms. The number of allylic oxidation sites excluding steroid dienone is 2. The predicted molar refractivity (Wildman–Crippen MR) is 163 cm³/mol. The first-order valence-corrected chi connectivity index (χ1v) is 16.5. The minimum absolute atomic E-state index is 0.0624. The van der Waals surface area contributed by atoms with Gasteiger partial charge < -0.3 is 10.8 Å². The standard InChI is InChI=1S/C37H53NO2/c1-32(2)25(23-7-9-24(10-8-23)31(39)40)13-16-34(4)28(32)15-17-36(6)29(34)12-11-27-30-26(33(3)19-20-33)14-18-37(30,38)22-21-35(27,36)5/h7-10,13,26-30H,11-12,14-22,38H2,1-6H3,(H,39,40). The van der Waals surface area contributed by atoms with Gasteiger partial charge >= 0.3 is 5.97 Å². The van der Waals surface area contributed by atoms with Crippen molar-refractivity contribution >= 4 is 11.5 Å². The number of nitrogens with two attached hydrogens (primary N) is 1. The Hall–Kier alpha value is -1.61. The Morgan fingerprint density at radius 1 is 0.775 bits per heavy atom. The van der Waals surface area contributed by atoms with Crippen LogP contribution in [-0.4, -0.2) is 16.6 Å². The lowest BCUT2D eigenvalue weighted by Crippen LogP contribution is -2.67. The maximum absolute atomic E-state index is 11.5. The van der Waals surface area contributed by atoms with E-state index in [2.05, 4.69) is 47.6 Å². The molecule has 0 heterocycles. The second-order valence-electron chi connectivity index (χ2n) is 17.2. The van der Waals surface area contributed by atoms with Gasteiger partial charge in [-0.3, -0.25) is 0 Å². The van der Waals surface area contributed by atoms with E-state index in [1.54, 1.807) is 12.1 Å². The van der Waals surface area contributed by atoms with Gasteiger partial charge in [0.15, 0.2) is 0 Å². The number of fused-ring (bicyclic) bond motifs is 7. The van der Waals surface area contributed by atoms with Crippen LogP contribution in [0.2, 0.25) is 0 Å². The lowest BCUT2D eigenvalue weighted by atomic mass is 9.33. The molecule has 0 aliphatic heterocycles. The smallest absolute Gasteiger partial charge is 0.335 e. The molecule has 218 valence electrons. The van der Waals surface area contributed by atoms with Crippen molar-refractivity contribution in [3.8, 4) is 0 Å². The summed E-state index contributed by atoms with van der Waals surface area (Å²) < 4.78 is 0. The largest absolute Gasteiger partial charge is 0.478 e. The summed E-state index contributed by atoms with van der Waals surface area (Å²) >= 11 is 0. The molecule has 0 amide bonds. The van der Waals surface area contributed by atoms with Gasteiger partial charge in [-0.05, 0) is 151 Å². The van der Waals surface area contributed by atoms with E-state index in [9.17, 15) is 9.90 Å². The van der Waals surface area contributed by atoms with Crippen LogP contribution in [0.1, 0.15) is 128 Å². The number of aromatic carboxylic acids is 1. The highest BCUT2D eigenvalue weighted by Crippen LogP contribution is 2.77. The monoisotopic (exact) mass is 543 g/mol. The fourth-order valence-electron chi connectivity index (χ4n) is 12.9. The Bertz CT molecular complexity index is 1260. The molecule has 0 radical (unpaired) electrons. The van der Waals surface area contributed by atoms with Crippen LogP contribution in [0, 0.1) is 56.7 Å². The Labute approximate surface area is 242 Å². The minimum Gasteiger partial charge on any atom is -0.478 e. The van der Waals surface area contributed by atoms with E-state index in [4.69, 9.17) is 5.73 Å². The summed E-state index contributed by atoms with van der Waals surface area (Å²) in [6.45, 7) is 15.7. The molecular weight excluding hydrogens is 490 g/mol. The van der Waals surface area contributed by atoms with Gasteiger partial charge in [0, 0.05) is 5.54 Å². The molecule has 0 spiro atoms. The highest BCUT2D eigenvalue weighted by molar-refractivity contribution is 5.88. The number of carboxylic acid groups (broad SMARTS) is 1. The van der Waals surface area contributed by atoms with E-state index in [-0.39, 0.29) is 11.0 Å². The molecule has 3 nitrogen and oxygen atoms in total. The zero-order valence-electron chi connectivity index (χ0n) is 26.0. The second-order valence-corrected chi connectivity index (χ2v) is 17.2. The molecule has 9 atom stereocenters. The normalized spacial score (nSPS) is 48.2. The topological polar surface area (TPSA) is 63.3 Å². The van der Waals surface area contributed by atoms with Gasteiger partial charge in [-0.15, -0.1) is 0 Å². The Morgan fingerprint density at radius 2 is 1.48 bits per heavy atom. The van der Waals surface area contributed by atoms with E-state index < -0.39 is 5.97 Å². The molecule has 0 saturated heterocycles. The summed E-state index contributed by atoms with van der Waals surface area (Å²) in [6.07, 6.45) is 17.1. The van der Waals surface area contributed by atoms with Crippen molar-refractivity contribution in [2.75, 3.05) is 0 Å². The van der Waals surface area contributed by atoms with Crippen molar-refractivity contribution in [3.05, 3.63) is 41.5 Å². The van der Waals surface area contributed by atoms with E-state index in [0.29, 0.717) is 33.1 Å². The number of carboxylic acids is 1. The predicted octanol–water partition coefficient (Wildman–Crippen LogP) is 8.97. The Kier molecular flexibility index (Phi) is 5.63. The van der Waals surface area contributed by atoms with Gasteiger partial charge in [-0.1, -0.05) is 59.8 Å². The molecule has 5 fully saturated rings. The third-order valence-corrected chi connectivity index (χ3v) is 15.5. The molecule has 0 aromatic heterocycles. The summed E-state index contributed by atoms with van der Waals surface area (Å²) in [4.78, 5) is 11.5. The first-order valence-electron chi connectivity index (χ1n) is 16.5. The number of hydrogen-bond donors (Lipinski definition) is 2. The van der Waals surface area contributed by atoms with Crippen LogP contribution in [-0.2, 0) is 0 Å². The lowest BCUT2D eigenvalue weighted by Gasteiger charge is -2.72. The van der Waals surface area contributed by atoms with Crippen LogP contribution < -0.4 is 5.73 Å². The summed E-state index contributed by atoms with van der Waals surface area (Å²) in [7, 11) is 0. The van der Waals surface area contributed by atoms with E-state index >= 15 is 0 Å². The van der Waals surface area contributed by atoms with Crippen molar-refractivity contribution in [1.82, 2.24) is 0 Å². The van der Waals surface area contributed by atoms with Gasteiger partial charge in [0.2, 0.25) is 0 Å². The summed E-state index contributed by atoms with van der Waals surface area (Å²) in [5.74, 6) is 2.89. The van der Waals surface area contributed by atoms with Crippen molar-refractivity contribution in [3.63, 3.8) is 0 Å². The Balaban J connectivity index is 1.23. The summed E-state index contributed by atoms with van der Waals surface area (Å²) in [5.41, 5.74) is 12.1. The van der Waals surface area contributed by atoms with E-state index in [0.717, 1.165) is 30.1 Å². The van der Waals surface area contributed by atoms with Crippen LogP contribution in [0.25, 0.3) is 5.57 Å². The van der Waals surface area contributed by atoms with Gasteiger partial charge in [0.25, 0.3) is 0 Å². The van der Waals surface area contributed by atoms with E-state index in [1.807, 2.05) is 12.1 Å². The fraction of sp³-hybridized carbons (Fsp3) is 0.757.